The number of ether oxygens (including phenoxy) is 2. The largest absolute Gasteiger partial charge is 0.481 e. The van der Waals surface area contributed by atoms with E-state index in [1.54, 1.807) is 18.2 Å². The number of hydrogen-bond donors (Lipinski definition) is 5. The topological polar surface area (TPSA) is 203 Å². The van der Waals surface area contributed by atoms with Crippen LogP contribution in [0.2, 0.25) is 0 Å². The number of carbonyl (C=O) groups is 3. The quantitative estimate of drug-likeness (QED) is 0.0129. The maximum atomic E-state index is 12.8. The lowest BCUT2D eigenvalue weighted by Gasteiger charge is -2.22. The molecule has 6 N–H and O–H groups in total. The van der Waals surface area contributed by atoms with Gasteiger partial charge in [-0.25, -0.2) is 4.57 Å². The summed E-state index contributed by atoms with van der Waals surface area (Å²) in [5.74, 6) is -2.48. The lowest BCUT2D eigenvalue weighted by molar-refractivity contribution is -0.161. The highest BCUT2D eigenvalue weighted by molar-refractivity contribution is 8.00. The minimum atomic E-state index is -4.92. The number of allylic oxidation sites excluding steroid dienone is 19. The molecule has 0 rings (SSSR count). The summed E-state index contributed by atoms with van der Waals surface area (Å²) < 4.78 is 26.4. The van der Waals surface area contributed by atoms with E-state index in [1.165, 1.54) is 31.0 Å². The second kappa shape index (κ2) is 41.2. The molecular weight excluding hydrogens is 830 g/mol. The molecule has 0 fully saturated rings. The summed E-state index contributed by atoms with van der Waals surface area (Å²) >= 11 is 1.19. The normalized spacial score (nSPS) is 15.1. The maximum absolute atomic E-state index is 12.8. The first-order valence-electron chi connectivity index (χ1n) is 21.8. The van der Waals surface area contributed by atoms with Gasteiger partial charge in [-0.1, -0.05) is 148 Å². The fourth-order valence-corrected chi connectivity index (χ4v) is 6.62. The van der Waals surface area contributed by atoms with Crippen molar-refractivity contribution in [3.05, 3.63) is 122 Å². The summed E-state index contributed by atoms with van der Waals surface area (Å²) in [7, 11) is -4.92. The third kappa shape index (κ3) is 40.3. The Morgan fingerprint density at radius 2 is 1.23 bits per heavy atom. The number of phosphoric ester groups is 1. The maximum Gasteiger partial charge on any atom is 0.469 e. The van der Waals surface area contributed by atoms with Gasteiger partial charge in [-0.15, -0.1) is 11.8 Å². The molecule has 0 heterocycles. The molecule has 4 atom stereocenters. The third-order valence-electron chi connectivity index (χ3n) is 8.47. The molecule has 0 amide bonds. The van der Waals surface area contributed by atoms with Gasteiger partial charge in [0.15, 0.2) is 6.10 Å². The first-order valence-corrected chi connectivity index (χ1v) is 24.4. The van der Waals surface area contributed by atoms with E-state index in [4.69, 9.17) is 20.3 Å². The van der Waals surface area contributed by atoms with Crippen LogP contribution in [0.4, 0.5) is 0 Å². The number of carboxylic acid groups (broad SMARTS) is 1. The van der Waals surface area contributed by atoms with Crippen molar-refractivity contribution in [2.75, 3.05) is 19.0 Å². The zero-order valence-corrected chi connectivity index (χ0v) is 38.6. The van der Waals surface area contributed by atoms with Gasteiger partial charge in [0.2, 0.25) is 0 Å². The van der Waals surface area contributed by atoms with E-state index in [-0.39, 0.29) is 31.4 Å². The second-order valence-electron chi connectivity index (χ2n) is 14.1. The van der Waals surface area contributed by atoms with Crippen molar-refractivity contribution in [3.63, 3.8) is 0 Å². The molecule has 0 radical (unpaired) electrons. The molecule has 0 aliphatic carbocycles. The molecule has 0 saturated heterocycles. The van der Waals surface area contributed by atoms with Gasteiger partial charge in [-0.2, -0.15) is 0 Å². The highest BCUT2D eigenvalue weighted by atomic mass is 32.2. The van der Waals surface area contributed by atoms with Crippen LogP contribution in [0.5, 0.6) is 0 Å². The number of thioether (sulfide) groups is 1. The van der Waals surface area contributed by atoms with Crippen molar-refractivity contribution < 1.29 is 52.9 Å². The molecule has 0 aromatic carbocycles. The Balaban J connectivity index is 4.93. The summed E-state index contributed by atoms with van der Waals surface area (Å²) in [6.07, 6.45) is 49.8. The van der Waals surface area contributed by atoms with Crippen molar-refractivity contribution >= 4 is 37.5 Å². The number of aliphatic hydroxyl groups is 1. The number of aliphatic hydroxyl groups excluding tert-OH is 1. The molecule has 0 aliphatic rings. The van der Waals surface area contributed by atoms with Crippen LogP contribution in [0.15, 0.2) is 122 Å². The summed E-state index contributed by atoms with van der Waals surface area (Å²) in [6, 6.07) is -1.16. The monoisotopic (exact) mass is 903 g/mol. The molecule has 0 saturated carbocycles. The van der Waals surface area contributed by atoms with Crippen LogP contribution in [0.1, 0.15) is 117 Å². The minimum Gasteiger partial charge on any atom is -0.481 e. The molecule has 14 heteroatoms. The predicted molar refractivity (Wildman–Crippen MR) is 253 cm³/mol. The van der Waals surface area contributed by atoms with Crippen LogP contribution in [-0.4, -0.2) is 80.4 Å². The van der Waals surface area contributed by atoms with Crippen LogP contribution in [-0.2, 0) is 32.9 Å². The number of esters is 2. The van der Waals surface area contributed by atoms with Crippen LogP contribution < -0.4 is 5.73 Å². The van der Waals surface area contributed by atoms with Gasteiger partial charge in [-0.3, -0.25) is 18.9 Å². The first-order chi connectivity index (χ1) is 29.9. The number of phosphoric acid groups is 1. The van der Waals surface area contributed by atoms with Crippen molar-refractivity contribution in [1.82, 2.24) is 0 Å². The van der Waals surface area contributed by atoms with E-state index in [0.29, 0.717) is 12.8 Å². The Hall–Kier alpha value is -3.81. The van der Waals surface area contributed by atoms with Gasteiger partial charge >= 0.3 is 25.7 Å². The second-order valence-corrected chi connectivity index (χ2v) is 16.6. The average Bonchev–Trinajstić information content (AvgIpc) is 3.23. The Bertz CT molecular complexity index is 1540. The Morgan fingerprint density at radius 3 is 1.79 bits per heavy atom. The molecule has 0 spiro atoms. The molecule has 0 unspecified atom stereocenters. The molecule has 0 aromatic heterocycles. The van der Waals surface area contributed by atoms with Gasteiger partial charge in [0.05, 0.1) is 12.7 Å². The van der Waals surface area contributed by atoms with E-state index in [2.05, 4.69) is 85.2 Å². The standard InChI is InChI=1S/C48H74NO11PS/c1-3-5-7-9-11-13-15-17-18-19-20-21-22-23-25-27-29-31-33-38-47(53)60-42(40-59-61(55,56)57)39-58-48(54)43(49)41-62-45(44(50)35-34-37-46(51)52)36-32-30-28-26-24-16-14-12-10-8-6-4-2/h5,7,11-14,17-18,20-21,23-26,28-32,36,42-45,50H,3-4,6,8-10,15-16,19,22,27,33-35,37-41,49H2,1-2H3,(H,51,52)(H2,55,56,57)/b7-5-,13-11-,14-12-,18-17-,21-20-,25-23-,26-24-,30-28+,31-29-,36-32+/t42-,43+,44+,45-/m1/s1. The molecule has 0 aromatic rings. The number of hydrogen-bond acceptors (Lipinski definition) is 10. The van der Waals surface area contributed by atoms with Crippen LogP contribution >= 0.6 is 19.6 Å². The van der Waals surface area contributed by atoms with E-state index >= 15 is 0 Å². The lowest BCUT2D eigenvalue weighted by Crippen LogP contribution is -2.38. The molecule has 348 valence electrons. The van der Waals surface area contributed by atoms with Crippen molar-refractivity contribution in [2.24, 2.45) is 5.73 Å². The smallest absolute Gasteiger partial charge is 0.469 e. The van der Waals surface area contributed by atoms with Gasteiger partial charge < -0.3 is 35.2 Å². The number of rotatable bonds is 38. The zero-order chi connectivity index (χ0) is 45.9. The number of unbranched alkanes of at least 4 members (excludes halogenated alkanes) is 3. The Labute approximate surface area is 375 Å². The highest BCUT2D eigenvalue weighted by Gasteiger charge is 2.26. The van der Waals surface area contributed by atoms with Gasteiger partial charge in [0, 0.05) is 23.8 Å². The van der Waals surface area contributed by atoms with E-state index in [1.807, 2.05) is 36.5 Å². The van der Waals surface area contributed by atoms with Crippen molar-refractivity contribution in [1.29, 1.82) is 0 Å². The van der Waals surface area contributed by atoms with Gasteiger partial charge in [0.25, 0.3) is 0 Å². The lowest BCUT2D eigenvalue weighted by atomic mass is 10.1. The molecule has 12 nitrogen and oxygen atoms in total. The number of carbonyl (C=O) groups excluding carboxylic acids is 2. The van der Waals surface area contributed by atoms with E-state index < -0.39 is 62.4 Å². The fourth-order valence-electron chi connectivity index (χ4n) is 5.13. The molecule has 0 aliphatic heterocycles. The number of aliphatic carboxylic acids is 1. The van der Waals surface area contributed by atoms with Crippen molar-refractivity contribution in [3.8, 4) is 0 Å². The SMILES string of the molecule is CC/C=C\C/C=C\C/C=C\C/C=C\C/C=C\C/C=C\CCC(=O)O[C@H](COC(=O)[C@@H](N)CS[C@H](/C=C/C=C/C=C\C/C=C\CCCCC)[C@@H](O)CCCC(=O)O)COP(=O)(O)O. The van der Waals surface area contributed by atoms with Gasteiger partial charge in [0.1, 0.15) is 12.6 Å². The molecule has 62 heavy (non-hydrogen) atoms. The zero-order valence-electron chi connectivity index (χ0n) is 36.9. The van der Waals surface area contributed by atoms with E-state index in [9.17, 15) is 33.8 Å². The van der Waals surface area contributed by atoms with Crippen molar-refractivity contribution in [2.45, 2.75) is 140 Å². The summed E-state index contributed by atoms with van der Waals surface area (Å²) in [5, 5.41) is 19.3. The Kier molecular flexibility index (Phi) is 38.7. The predicted octanol–water partition coefficient (Wildman–Crippen LogP) is 10.3. The fraction of sp³-hybridized carbons (Fsp3) is 0.521. The molecular formula is C48H74NO11PS. The van der Waals surface area contributed by atoms with Crippen LogP contribution in [0.3, 0.4) is 0 Å². The summed E-state index contributed by atoms with van der Waals surface area (Å²) in [6.45, 7) is 3.02. The van der Waals surface area contributed by atoms with Gasteiger partial charge in [-0.05, 0) is 77.0 Å². The number of carboxylic acids is 1. The minimum absolute atomic E-state index is 0.0213. The first kappa shape index (κ1) is 58.2. The Morgan fingerprint density at radius 1 is 0.677 bits per heavy atom. The number of nitrogens with two attached hydrogens (primary N) is 1. The molecule has 0 bridgehead atoms. The summed E-state index contributed by atoms with van der Waals surface area (Å²) in [4.78, 5) is 54.7. The summed E-state index contributed by atoms with van der Waals surface area (Å²) in [5.41, 5.74) is 6.10. The van der Waals surface area contributed by atoms with Crippen LogP contribution in [0, 0.1) is 0 Å². The highest BCUT2D eigenvalue weighted by Crippen LogP contribution is 2.36. The van der Waals surface area contributed by atoms with Crippen LogP contribution in [0.25, 0.3) is 0 Å². The average molecular weight is 904 g/mol. The van der Waals surface area contributed by atoms with E-state index in [0.717, 1.165) is 44.9 Å². The third-order valence-corrected chi connectivity index (χ3v) is 10.4.